The third-order valence-corrected chi connectivity index (χ3v) is 17.7. The number of fused-ring (bicyclic) bond motifs is 6. The lowest BCUT2D eigenvalue weighted by molar-refractivity contribution is 0.130. The van der Waals surface area contributed by atoms with Crippen LogP contribution in [-0.2, 0) is 10.8 Å². The minimum atomic E-state index is -0.00468. The van der Waals surface area contributed by atoms with Gasteiger partial charge in [-0.05, 0) is 166 Å². The summed E-state index contributed by atoms with van der Waals surface area (Å²) in [6, 6.07) is 56.2. The van der Waals surface area contributed by atoms with Gasteiger partial charge >= 0.3 is 0 Å². The molecule has 0 amide bonds. The molecule has 4 aliphatic rings. The fourth-order valence-corrected chi connectivity index (χ4v) is 13.9. The summed E-state index contributed by atoms with van der Waals surface area (Å²) in [5, 5.41) is 8.08. The molecule has 0 aromatic heterocycles. The van der Waals surface area contributed by atoms with Crippen molar-refractivity contribution in [2.45, 2.75) is 102 Å². The second-order valence-corrected chi connectivity index (χ2v) is 20.0. The van der Waals surface area contributed by atoms with Crippen LogP contribution in [0.25, 0.3) is 54.6 Å². The van der Waals surface area contributed by atoms with Crippen molar-refractivity contribution in [1.29, 1.82) is 0 Å². The minimum Gasteiger partial charge on any atom is -0.334 e. The molecule has 6 unspecified atom stereocenters. The fraction of sp³-hybridized carbons (Fsp3) is 0.310. The Balaban J connectivity index is 1.02. The van der Waals surface area contributed by atoms with E-state index in [1.54, 1.807) is 0 Å². The van der Waals surface area contributed by atoms with E-state index in [0.29, 0.717) is 11.8 Å². The summed E-state index contributed by atoms with van der Waals surface area (Å²) >= 11 is 0. The van der Waals surface area contributed by atoms with Crippen molar-refractivity contribution < 1.29 is 0 Å². The number of hydrogen-bond donors (Lipinski definition) is 0. The zero-order valence-electron chi connectivity index (χ0n) is 36.1. The molecule has 298 valence electrons. The van der Waals surface area contributed by atoms with Crippen molar-refractivity contribution in [2.24, 2.45) is 11.8 Å². The van der Waals surface area contributed by atoms with Crippen LogP contribution >= 0.6 is 0 Å². The molecule has 12 rings (SSSR count). The van der Waals surface area contributed by atoms with Crippen LogP contribution in [0.2, 0.25) is 0 Å². The molecule has 0 N–H and O–H groups in total. The maximum absolute atomic E-state index is 2.70. The lowest BCUT2D eigenvalue weighted by atomic mass is 9.57. The van der Waals surface area contributed by atoms with Crippen LogP contribution in [0, 0.1) is 11.8 Å². The molecule has 2 heterocycles. The van der Waals surface area contributed by atoms with E-state index >= 15 is 0 Å². The highest BCUT2D eigenvalue weighted by atomic mass is 15.3. The second kappa shape index (κ2) is 12.5. The SMILES string of the molecule is CC1CCCC2(C)c3cc(-c4ccc5ccc6c(-c7ccc8c(c7)C7(C)CCCC(C)C7(C)N8c7ccccc7)ccc7ccc4c5c76)ccc3N(c3ccccc3)C12C. The standard InChI is InChI=1S/C58H56N2/c1-37-15-13-33-55(3)49-35-41(25-31-51(49)59(57(37,55)5)43-17-9-7-10-18-43)45-27-21-39-24-30-48-46(28-22-40-23-29-47(45)53(39)54(40)48)42-26-32-52-50(36-42)56(4)34-14-16-38(2)58(56,6)60(52)44-19-11-8-12-20-44/h7-12,17-32,35-38H,13-16,33-34H2,1-6H3. The van der Waals surface area contributed by atoms with Crippen LogP contribution in [0.15, 0.2) is 146 Å². The van der Waals surface area contributed by atoms with Gasteiger partial charge in [-0.25, -0.2) is 0 Å². The first-order chi connectivity index (χ1) is 29.1. The average Bonchev–Trinajstić information content (AvgIpc) is 3.62. The molecule has 0 spiro atoms. The van der Waals surface area contributed by atoms with E-state index in [4.69, 9.17) is 0 Å². The van der Waals surface area contributed by atoms with Crippen LogP contribution in [0.3, 0.4) is 0 Å². The van der Waals surface area contributed by atoms with Crippen LogP contribution in [0.5, 0.6) is 0 Å². The molecule has 0 radical (unpaired) electrons. The second-order valence-electron chi connectivity index (χ2n) is 20.0. The summed E-state index contributed by atoms with van der Waals surface area (Å²) in [6.07, 6.45) is 7.49. The molecule has 2 nitrogen and oxygen atoms in total. The van der Waals surface area contributed by atoms with Gasteiger partial charge in [-0.15, -0.1) is 0 Å². The Bertz CT molecular complexity index is 2800. The van der Waals surface area contributed by atoms with Gasteiger partial charge in [0.2, 0.25) is 0 Å². The highest BCUT2D eigenvalue weighted by Crippen LogP contribution is 2.64. The van der Waals surface area contributed by atoms with Gasteiger partial charge in [0.15, 0.2) is 0 Å². The highest BCUT2D eigenvalue weighted by Gasteiger charge is 2.62. The van der Waals surface area contributed by atoms with Gasteiger partial charge in [-0.3, -0.25) is 0 Å². The molecule has 0 saturated heterocycles. The Morgan fingerprint density at radius 2 is 0.850 bits per heavy atom. The molecule has 2 aliphatic carbocycles. The molecule has 60 heavy (non-hydrogen) atoms. The van der Waals surface area contributed by atoms with Gasteiger partial charge in [0.05, 0.1) is 11.1 Å². The first-order valence-electron chi connectivity index (χ1n) is 22.8. The quantitative estimate of drug-likeness (QED) is 0.164. The number of para-hydroxylation sites is 2. The van der Waals surface area contributed by atoms with Crippen LogP contribution in [-0.4, -0.2) is 11.1 Å². The lowest BCUT2D eigenvalue weighted by Gasteiger charge is -2.54. The molecule has 2 saturated carbocycles. The van der Waals surface area contributed by atoms with Crippen molar-refractivity contribution in [2.75, 3.05) is 9.80 Å². The summed E-state index contributed by atoms with van der Waals surface area (Å²) in [6.45, 7) is 15.2. The van der Waals surface area contributed by atoms with E-state index < -0.39 is 0 Å². The van der Waals surface area contributed by atoms with Crippen molar-refractivity contribution in [1.82, 2.24) is 0 Å². The van der Waals surface area contributed by atoms with Crippen molar-refractivity contribution in [3.05, 3.63) is 157 Å². The monoisotopic (exact) mass is 780 g/mol. The predicted octanol–water partition coefficient (Wildman–Crippen LogP) is 15.9. The summed E-state index contributed by atoms with van der Waals surface area (Å²) in [5.41, 5.74) is 13.8. The first-order valence-corrected chi connectivity index (χ1v) is 22.8. The molecule has 2 heteroatoms. The van der Waals surface area contributed by atoms with E-state index in [9.17, 15) is 0 Å². The summed E-state index contributed by atoms with van der Waals surface area (Å²) in [5.74, 6) is 1.14. The predicted molar refractivity (Wildman–Crippen MR) is 256 cm³/mol. The van der Waals surface area contributed by atoms with Crippen LogP contribution < -0.4 is 9.80 Å². The Morgan fingerprint density at radius 1 is 0.450 bits per heavy atom. The molecule has 6 atom stereocenters. The van der Waals surface area contributed by atoms with Crippen LogP contribution in [0.1, 0.15) is 91.2 Å². The Kier molecular flexibility index (Phi) is 7.54. The molecule has 2 aliphatic heterocycles. The first kappa shape index (κ1) is 36.3. The van der Waals surface area contributed by atoms with Crippen molar-refractivity contribution in [3.8, 4) is 22.3 Å². The average molecular weight is 781 g/mol. The molecule has 8 aromatic carbocycles. The van der Waals surface area contributed by atoms with Gasteiger partial charge in [-0.1, -0.05) is 138 Å². The Labute approximate surface area is 356 Å². The topological polar surface area (TPSA) is 6.48 Å². The lowest BCUT2D eigenvalue weighted by Crippen LogP contribution is -2.59. The third kappa shape index (κ3) is 4.45. The number of anilines is 4. The minimum absolute atomic E-state index is 0.00468. The Hall–Kier alpha value is -5.60. The maximum atomic E-state index is 2.70. The molecule has 2 fully saturated rings. The van der Waals surface area contributed by atoms with Gasteiger partial charge in [-0.2, -0.15) is 0 Å². The normalized spacial score (nSPS) is 28.3. The van der Waals surface area contributed by atoms with Crippen molar-refractivity contribution >= 4 is 55.1 Å². The fourth-order valence-electron chi connectivity index (χ4n) is 13.9. The maximum Gasteiger partial charge on any atom is 0.0543 e. The molecule has 0 bridgehead atoms. The number of rotatable bonds is 4. The zero-order valence-corrected chi connectivity index (χ0v) is 36.1. The highest BCUT2D eigenvalue weighted by molar-refractivity contribution is 6.27. The summed E-state index contributed by atoms with van der Waals surface area (Å²) < 4.78 is 0. The van der Waals surface area contributed by atoms with E-state index in [1.807, 2.05) is 0 Å². The van der Waals surface area contributed by atoms with E-state index in [1.165, 1.54) is 127 Å². The molecule has 8 aromatic rings. The van der Waals surface area contributed by atoms with E-state index in [-0.39, 0.29) is 21.9 Å². The Morgan fingerprint density at radius 3 is 1.27 bits per heavy atom. The number of nitrogens with zero attached hydrogens (tertiary/aromatic N) is 2. The summed E-state index contributed by atoms with van der Waals surface area (Å²) in [7, 11) is 0. The van der Waals surface area contributed by atoms with Crippen LogP contribution in [0.4, 0.5) is 22.7 Å². The van der Waals surface area contributed by atoms with Gasteiger partial charge < -0.3 is 9.80 Å². The smallest absolute Gasteiger partial charge is 0.0543 e. The van der Waals surface area contributed by atoms with E-state index in [2.05, 4.69) is 197 Å². The van der Waals surface area contributed by atoms with Crippen molar-refractivity contribution in [3.63, 3.8) is 0 Å². The zero-order chi connectivity index (χ0) is 40.8. The molecular weight excluding hydrogens is 725 g/mol. The number of hydrogen-bond acceptors (Lipinski definition) is 2. The summed E-state index contributed by atoms with van der Waals surface area (Å²) in [4.78, 5) is 5.41. The third-order valence-electron chi connectivity index (χ3n) is 17.7. The van der Waals surface area contributed by atoms with Gasteiger partial charge in [0, 0.05) is 33.6 Å². The van der Waals surface area contributed by atoms with Gasteiger partial charge in [0.1, 0.15) is 0 Å². The van der Waals surface area contributed by atoms with E-state index in [0.717, 1.165) is 0 Å². The largest absolute Gasteiger partial charge is 0.334 e. The molecular formula is C58H56N2. The van der Waals surface area contributed by atoms with Gasteiger partial charge in [0.25, 0.3) is 0 Å². The number of benzene rings is 8.